The van der Waals surface area contributed by atoms with Crippen LogP contribution in [0.25, 0.3) is 0 Å². The normalized spacial score (nSPS) is 16.6. The minimum Gasteiger partial charge on any atom is -0.493 e. The highest BCUT2D eigenvalue weighted by Gasteiger charge is 2.42. The predicted octanol–water partition coefficient (Wildman–Crippen LogP) is 4.65. The summed E-state index contributed by atoms with van der Waals surface area (Å²) < 4.78 is 38.7. The zero-order valence-corrected chi connectivity index (χ0v) is 21.7. The van der Waals surface area contributed by atoms with Gasteiger partial charge in [0.2, 0.25) is 15.9 Å². The van der Waals surface area contributed by atoms with Gasteiger partial charge in [-0.2, -0.15) is 0 Å². The SMILES string of the molecule is COc1cc2c(cc1OC)N(Cc1ccc(Cl)cc1)S(=O)(=O)CC(=O)C2C(=O)Nc1ccc(Cl)cc1. The lowest BCUT2D eigenvalue weighted by Crippen LogP contribution is -2.34. The Balaban J connectivity index is 1.86. The third-order valence-electron chi connectivity index (χ3n) is 5.71. The van der Waals surface area contributed by atoms with Gasteiger partial charge < -0.3 is 14.8 Å². The summed E-state index contributed by atoms with van der Waals surface area (Å²) in [5, 5.41) is 3.66. The number of methoxy groups -OCH3 is 2. The molecular weight excluding hydrogens is 527 g/mol. The molecule has 1 unspecified atom stereocenters. The van der Waals surface area contributed by atoms with Gasteiger partial charge in [-0.3, -0.25) is 13.9 Å². The number of amides is 1. The molecule has 0 fully saturated rings. The number of Topliss-reactive ketones (excluding diaryl/α,β-unsaturated/α-hetero) is 1. The van der Waals surface area contributed by atoms with Crippen LogP contribution in [0.3, 0.4) is 0 Å². The van der Waals surface area contributed by atoms with E-state index < -0.39 is 33.4 Å². The molecule has 1 N–H and O–H groups in total. The van der Waals surface area contributed by atoms with E-state index in [4.69, 9.17) is 32.7 Å². The van der Waals surface area contributed by atoms with Crippen LogP contribution in [0.1, 0.15) is 17.0 Å². The molecule has 1 heterocycles. The van der Waals surface area contributed by atoms with Gasteiger partial charge in [0, 0.05) is 27.4 Å². The van der Waals surface area contributed by atoms with E-state index in [2.05, 4.69) is 5.32 Å². The molecule has 0 aliphatic carbocycles. The zero-order chi connectivity index (χ0) is 26.0. The van der Waals surface area contributed by atoms with Gasteiger partial charge in [-0.05, 0) is 48.0 Å². The first kappa shape index (κ1) is 25.8. The van der Waals surface area contributed by atoms with Gasteiger partial charge in [-0.15, -0.1) is 0 Å². The van der Waals surface area contributed by atoms with Gasteiger partial charge in [0.15, 0.2) is 17.3 Å². The molecule has 1 aliphatic rings. The molecule has 1 amide bonds. The molecule has 1 aliphatic heterocycles. The maximum atomic E-state index is 13.4. The lowest BCUT2D eigenvalue weighted by Gasteiger charge is -2.26. The van der Waals surface area contributed by atoms with Crippen LogP contribution in [0.5, 0.6) is 11.5 Å². The Morgan fingerprint density at radius 3 is 2.11 bits per heavy atom. The molecule has 0 spiro atoms. The Labute approximate surface area is 218 Å². The van der Waals surface area contributed by atoms with Crippen molar-refractivity contribution in [2.75, 3.05) is 29.6 Å². The number of carbonyl (C=O) groups is 2. The molecule has 11 heteroatoms. The number of nitrogens with one attached hydrogen (secondary N) is 1. The minimum absolute atomic E-state index is 0.0826. The summed E-state index contributed by atoms with van der Waals surface area (Å²) >= 11 is 11.9. The first-order valence-corrected chi connectivity index (χ1v) is 13.1. The fourth-order valence-corrected chi connectivity index (χ4v) is 5.71. The number of hydrogen-bond acceptors (Lipinski definition) is 6. The van der Waals surface area contributed by atoms with Gasteiger partial charge in [0.25, 0.3) is 0 Å². The highest BCUT2D eigenvalue weighted by molar-refractivity contribution is 7.93. The predicted molar refractivity (Wildman–Crippen MR) is 139 cm³/mol. The molecule has 3 aromatic rings. The van der Waals surface area contributed by atoms with Crippen molar-refractivity contribution in [3.63, 3.8) is 0 Å². The van der Waals surface area contributed by atoms with Crippen molar-refractivity contribution in [3.05, 3.63) is 81.8 Å². The van der Waals surface area contributed by atoms with Crippen molar-refractivity contribution in [2.24, 2.45) is 0 Å². The van der Waals surface area contributed by atoms with E-state index in [1.54, 1.807) is 48.5 Å². The molecule has 8 nitrogen and oxygen atoms in total. The first-order valence-electron chi connectivity index (χ1n) is 10.7. The Morgan fingerprint density at radius 1 is 0.972 bits per heavy atom. The fraction of sp³-hybridized carbons (Fsp3) is 0.200. The average molecular weight is 549 g/mol. The van der Waals surface area contributed by atoms with Gasteiger partial charge in [-0.25, -0.2) is 8.42 Å². The Hall–Kier alpha value is -3.27. The first-order chi connectivity index (χ1) is 17.1. The number of ketones is 1. The van der Waals surface area contributed by atoms with Crippen LogP contribution in [0.2, 0.25) is 10.0 Å². The number of nitrogens with zero attached hydrogens (tertiary/aromatic N) is 1. The summed E-state index contributed by atoms with van der Waals surface area (Å²) in [5.74, 6) is -3.23. The number of halogens is 2. The number of benzene rings is 3. The molecule has 0 aromatic heterocycles. The van der Waals surface area contributed by atoms with Crippen molar-refractivity contribution >= 4 is 56.3 Å². The van der Waals surface area contributed by atoms with E-state index in [1.807, 2.05) is 0 Å². The van der Waals surface area contributed by atoms with Gasteiger partial charge in [0.05, 0.1) is 26.5 Å². The lowest BCUT2D eigenvalue weighted by molar-refractivity contribution is -0.126. The Bertz CT molecular complexity index is 1410. The van der Waals surface area contributed by atoms with Crippen LogP contribution >= 0.6 is 23.2 Å². The van der Waals surface area contributed by atoms with Crippen molar-refractivity contribution in [1.82, 2.24) is 0 Å². The third kappa shape index (κ3) is 5.28. The zero-order valence-electron chi connectivity index (χ0n) is 19.3. The highest BCUT2D eigenvalue weighted by atomic mass is 35.5. The van der Waals surface area contributed by atoms with E-state index in [0.29, 0.717) is 21.3 Å². The van der Waals surface area contributed by atoms with Crippen LogP contribution in [0, 0.1) is 0 Å². The maximum absolute atomic E-state index is 13.4. The molecule has 1 atom stereocenters. The van der Waals surface area contributed by atoms with E-state index in [-0.39, 0.29) is 29.3 Å². The van der Waals surface area contributed by atoms with E-state index >= 15 is 0 Å². The second kappa shape index (κ2) is 10.4. The van der Waals surface area contributed by atoms with Gasteiger partial charge >= 0.3 is 0 Å². The lowest BCUT2D eigenvalue weighted by atomic mass is 9.92. The second-order valence-electron chi connectivity index (χ2n) is 8.05. The van der Waals surface area contributed by atoms with Gasteiger partial charge in [-0.1, -0.05) is 35.3 Å². The molecule has 0 saturated heterocycles. The molecule has 36 heavy (non-hydrogen) atoms. The Kier molecular flexibility index (Phi) is 7.44. The van der Waals surface area contributed by atoms with Crippen molar-refractivity contribution in [3.8, 4) is 11.5 Å². The molecule has 188 valence electrons. The molecule has 0 radical (unpaired) electrons. The Morgan fingerprint density at radius 2 is 1.53 bits per heavy atom. The summed E-state index contributed by atoms with van der Waals surface area (Å²) in [6, 6.07) is 15.9. The molecule has 0 bridgehead atoms. The molecule has 0 saturated carbocycles. The molecular formula is C25H22Cl2N2O6S. The third-order valence-corrected chi connectivity index (χ3v) is 7.86. The minimum atomic E-state index is -4.16. The summed E-state index contributed by atoms with van der Waals surface area (Å²) in [7, 11) is -1.34. The number of ether oxygens (including phenoxy) is 2. The topological polar surface area (TPSA) is 102 Å². The summed E-state index contributed by atoms with van der Waals surface area (Å²) in [6.45, 7) is -0.0826. The van der Waals surface area contributed by atoms with Crippen molar-refractivity contribution in [1.29, 1.82) is 0 Å². The maximum Gasteiger partial charge on any atom is 0.242 e. The van der Waals surface area contributed by atoms with Crippen molar-refractivity contribution in [2.45, 2.75) is 12.5 Å². The van der Waals surface area contributed by atoms with Crippen molar-refractivity contribution < 1.29 is 27.5 Å². The van der Waals surface area contributed by atoms with Crippen LogP contribution in [-0.4, -0.2) is 40.1 Å². The summed E-state index contributed by atoms with van der Waals surface area (Å²) in [6.07, 6.45) is 0. The number of sulfonamides is 1. The number of anilines is 2. The second-order valence-corrected chi connectivity index (χ2v) is 10.8. The standard InChI is InChI=1S/C25H22Cl2N2O6S/c1-34-22-11-19-20(12-23(22)35-2)29(13-15-3-5-16(26)6-4-15)36(32,33)14-21(30)24(19)25(31)28-18-9-7-17(27)8-10-18/h3-12,24H,13-14H2,1-2H3,(H,28,31). The number of rotatable bonds is 6. The smallest absolute Gasteiger partial charge is 0.242 e. The van der Waals surface area contributed by atoms with Crippen LogP contribution < -0.4 is 19.1 Å². The fourth-order valence-electron chi connectivity index (χ4n) is 3.97. The molecule has 3 aromatic carbocycles. The largest absolute Gasteiger partial charge is 0.493 e. The average Bonchev–Trinajstić information content (AvgIpc) is 2.92. The monoisotopic (exact) mass is 548 g/mol. The summed E-state index contributed by atoms with van der Waals surface area (Å²) in [5.41, 5.74) is 1.37. The van der Waals surface area contributed by atoms with E-state index in [9.17, 15) is 18.0 Å². The number of carbonyl (C=O) groups excluding carboxylic acids is 2. The van der Waals surface area contributed by atoms with Gasteiger partial charge in [0.1, 0.15) is 11.7 Å². The number of hydrogen-bond donors (Lipinski definition) is 1. The summed E-state index contributed by atoms with van der Waals surface area (Å²) in [4.78, 5) is 26.7. The van der Waals surface area contributed by atoms with E-state index in [1.165, 1.54) is 26.4 Å². The highest BCUT2D eigenvalue weighted by Crippen LogP contribution is 2.43. The van der Waals surface area contributed by atoms with Crippen LogP contribution in [0.4, 0.5) is 11.4 Å². The molecule has 4 rings (SSSR count). The van der Waals surface area contributed by atoms with E-state index in [0.717, 1.165) is 4.31 Å². The van der Waals surface area contributed by atoms with Crippen LogP contribution in [0.15, 0.2) is 60.7 Å². The quantitative estimate of drug-likeness (QED) is 0.449. The van der Waals surface area contributed by atoms with Crippen LogP contribution in [-0.2, 0) is 26.2 Å². The number of fused-ring (bicyclic) bond motifs is 1.